The van der Waals surface area contributed by atoms with Crippen molar-refractivity contribution in [3.05, 3.63) is 28.5 Å². The highest BCUT2D eigenvalue weighted by Crippen LogP contribution is 2.42. The summed E-state index contributed by atoms with van der Waals surface area (Å²) in [5.74, 6) is -0.319. The second kappa shape index (κ2) is 9.13. The van der Waals surface area contributed by atoms with Gasteiger partial charge in [0.1, 0.15) is 27.8 Å². The molecule has 0 saturated carbocycles. The van der Waals surface area contributed by atoms with Crippen LogP contribution in [0, 0.1) is 0 Å². The lowest BCUT2D eigenvalue weighted by Gasteiger charge is -2.49. The molecule has 2 aromatic heterocycles. The van der Waals surface area contributed by atoms with Gasteiger partial charge in [-0.1, -0.05) is 29.5 Å². The normalized spacial score (nSPS) is 20.8. The number of amides is 2. The molecular weight excluding hydrogens is 496 g/mol. The molecule has 0 unspecified atom stereocenters. The van der Waals surface area contributed by atoms with Gasteiger partial charge in [-0.15, -0.1) is 28.2 Å². The lowest BCUT2D eigenvalue weighted by atomic mass is 10.0. The molecule has 1 saturated heterocycles. The van der Waals surface area contributed by atoms with Crippen molar-refractivity contribution in [2.24, 2.45) is 12.2 Å². The van der Waals surface area contributed by atoms with E-state index in [4.69, 9.17) is 5.73 Å². The molecule has 4 heterocycles. The van der Waals surface area contributed by atoms with E-state index in [0.29, 0.717) is 16.5 Å². The number of thiazole rings is 1. The van der Waals surface area contributed by atoms with Crippen molar-refractivity contribution in [2.75, 3.05) is 17.2 Å². The molecule has 4 N–H and O–H groups in total. The highest BCUT2D eigenvalue weighted by atomic mass is 32.2. The first-order valence-corrected chi connectivity index (χ1v) is 12.3. The molecule has 0 aromatic carbocycles. The summed E-state index contributed by atoms with van der Waals surface area (Å²) in [5.41, 5.74) is 6.26. The summed E-state index contributed by atoms with van der Waals surface area (Å²) in [6, 6.07) is -0.892. The predicted octanol–water partition coefficient (Wildman–Crippen LogP) is -0.0652. The average Bonchev–Trinajstić information content (AvgIpc) is 3.38. The number of hydrogen-bond acceptors (Lipinski definition) is 12. The Balaban J connectivity index is 1.48. The molecule has 2 aromatic rings. The minimum atomic E-state index is -0.892. The second-order valence-electron chi connectivity index (χ2n) is 6.60. The van der Waals surface area contributed by atoms with Crippen LogP contribution in [-0.2, 0) is 21.4 Å². The molecule has 2 atom stereocenters. The largest absolute Gasteiger partial charge is 0.410 e. The molecule has 4 rings (SSSR count). The quantitative estimate of drug-likeness (QED) is 0.0984. The lowest BCUT2D eigenvalue weighted by molar-refractivity contribution is -0.146. The number of hydrogen-bond donors (Lipinski definition) is 4. The van der Waals surface area contributed by atoms with Crippen LogP contribution in [0.4, 0.5) is 5.13 Å². The van der Waals surface area contributed by atoms with E-state index in [1.807, 2.05) is 0 Å². The van der Waals surface area contributed by atoms with Crippen LogP contribution < -0.4 is 11.1 Å². The van der Waals surface area contributed by atoms with Gasteiger partial charge in [-0.2, -0.15) is 9.90 Å². The summed E-state index contributed by atoms with van der Waals surface area (Å²) in [6.07, 6.45) is 1.61. The zero-order valence-corrected chi connectivity index (χ0v) is 19.7. The van der Waals surface area contributed by atoms with Gasteiger partial charge in [-0.3, -0.25) is 19.3 Å². The van der Waals surface area contributed by atoms with Crippen molar-refractivity contribution >= 4 is 75.3 Å². The number of nitrogens with two attached hydrogens (primary N) is 1. The number of aryl methyl sites for hydroxylation is 1. The number of aromatic nitrogens is 4. The maximum Gasteiger partial charge on any atom is 0.276 e. The topological polar surface area (TPSA) is 169 Å². The maximum atomic E-state index is 12.8. The Kier molecular flexibility index (Phi) is 6.45. The smallest absolute Gasteiger partial charge is 0.276 e. The lowest BCUT2D eigenvalue weighted by Crippen LogP contribution is -2.71. The number of nitrogen functional groups attached to an aromatic ring is 1. The van der Waals surface area contributed by atoms with Gasteiger partial charge in [-0.05, 0) is 5.57 Å². The molecule has 12 nitrogen and oxygen atoms in total. The molecule has 1 fully saturated rings. The molecule has 168 valence electrons. The molecule has 2 amide bonds. The third-order valence-corrected chi connectivity index (χ3v) is 7.79. The van der Waals surface area contributed by atoms with Crippen LogP contribution in [-0.4, -0.2) is 75.6 Å². The number of carbonyl (C=O) groups excluding carboxylic acids is 3. The summed E-state index contributed by atoms with van der Waals surface area (Å²) in [5, 5.41) is 24.3. The third-order valence-electron chi connectivity index (χ3n) is 4.59. The second-order valence-corrected chi connectivity index (χ2v) is 10.00. The van der Waals surface area contributed by atoms with Crippen molar-refractivity contribution in [3.63, 3.8) is 0 Å². The fraction of sp³-hybridized carbons (Fsp3) is 0.312. The summed E-state index contributed by atoms with van der Waals surface area (Å²) >= 11 is 7.85. The van der Waals surface area contributed by atoms with Crippen molar-refractivity contribution in [2.45, 2.75) is 16.4 Å². The monoisotopic (exact) mass is 512 g/mol. The zero-order chi connectivity index (χ0) is 23.0. The highest BCUT2D eigenvalue weighted by molar-refractivity contribution is 8.01. The van der Waals surface area contributed by atoms with Crippen molar-refractivity contribution in [1.82, 2.24) is 30.2 Å². The van der Waals surface area contributed by atoms with Crippen LogP contribution in [0.2, 0.25) is 0 Å². The van der Waals surface area contributed by atoms with Crippen molar-refractivity contribution < 1.29 is 19.6 Å². The summed E-state index contributed by atoms with van der Waals surface area (Å²) in [7, 11) is 1.70. The Labute approximate surface area is 199 Å². The van der Waals surface area contributed by atoms with Gasteiger partial charge in [0.15, 0.2) is 10.8 Å². The number of nitrogens with one attached hydrogen (secondary N) is 1. The Bertz CT molecular complexity index is 1160. The van der Waals surface area contributed by atoms with Crippen LogP contribution >= 0.6 is 47.5 Å². The molecule has 0 radical (unpaired) electrons. The van der Waals surface area contributed by atoms with Crippen LogP contribution in [0.3, 0.4) is 0 Å². The number of β-lactam (4-membered cyclic amide) rings is 1. The molecular formula is C16H16N8O4S4. The van der Waals surface area contributed by atoms with E-state index in [9.17, 15) is 19.6 Å². The van der Waals surface area contributed by atoms with Crippen LogP contribution in [0.1, 0.15) is 5.69 Å². The number of thioether (sulfide) groups is 2. The molecule has 0 bridgehead atoms. The average molecular weight is 513 g/mol. The first-order valence-electron chi connectivity index (χ1n) is 8.93. The SMILES string of the molecule is Cn1ncc(SCC2=C(C(=O)S)N3C(=O)[C@@H](NC(=O)/C(=N\O)c4csc(N)n4)[C@H]3SC2)n1. The fourth-order valence-corrected chi connectivity index (χ4v) is 6.31. The van der Waals surface area contributed by atoms with E-state index in [-0.39, 0.29) is 22.2 Å². The molecule has 0 spiro atoms. The van der Waals surface area contributed by atoms with Crippen molar-refractivity contribution in [3.8, 4) is 0 Å². The number of carbonyl (C=O) groups is 3. The van der Waals surface area contributed by atoms with Gasteiger partial charge in [0.05, 0.1) is 6.20 Å². The van der Waals surface area contributed by atoms with Gasteiger partial charge < -0.3 is 16.3 Å². The molecule has 2 aliphatic rings. The number of nitrogens with zero attached hydrogens (tertiary/aromatic N) is 6. The standard InChI is InChI=1S/C16H16N8O4S4/c1-23-18-2-8(21-23)30-3-6-4-31-14-10(13(26)24(14)11(6)15(27)29)20-12(25)9(22-28)7-5-32-16(17)19-7/h2,5,10,14,28H,3-4H2,1H3,(H2,17,19)(H,20,25)(H,27,29)/b22-9-/t10-,14-/m1/s1. The third kappa shape index (κ3) is 4.22. The number of fused-ring (bicyclic) bond motifs is 1. The van der Waals surface area contributed by atoms with Gasteiger partial charge in [-0.25, -0.2) is 4.98 Å². The minimum Gasteiger partial charge on any atom is -0.410 e. The molecule has 32 heavy (non-hydrogen) atoms. The maximum absolute atomic E-state index is 12.8. The number of thiol groups is 1. The Morgan fingerprint density at radius 2 is 2.28 bits per heavy atom. The minimum absolute atomic E-state index is 0.0990. The van der Waals surface area contributed by atoms with E-state index >= 15 is 0 Å². The van der Waals surface area contributed by atoms with Gasteiger partial charge >= 0.3 is 0 Å². The zero-order valence-electron chi connectivity index (χ0n) is 16.3. The molecule has 16 heteroatoms. The van der Waals surface area contributed by atoms with E-state index in [1.54, 1.807) is 13.2 Å². The Morgan fingerprint density at radius 3 is 2.88 bits per heavy atom. The Hall–Kier alpha value is -2.56. The van der Waals surface area contributed by atoms with Crippen LogP contribution in [0.25, 0.3) is 0 Å². The van der Waals surface area contributed by atoms with Gasteiger partial charge in [0.2, 0.25) is 5.12 Å². The summed E-state index contributed by atoms with van der Waals surface area (Å²) in [6.45, 7) is 0. The Morgan fingerprint density at radius 1 is 1.50 bits per heavy atom. The van der Waals surface area contributed by atoms with E-state index in [1.165, 1.54) is 38.6 Å². The molecule has 2 aliphatic heterocycles. The predicted molar refractivity (Wildman–Crippen MR) is 123 cm³/mol. The van der Waals surface area contributed by atoms with E-state index < -0.39 is 28.3 Å². The van der Waals surface area contributed by atoms with Crippen LogP contribution in [0.5, 0.6) is 0 Å². The summed E-state index contributed by atoms with van der Waals surface area (Å²) in [4.78, 5) is 44.3. The van der Waals surface area contributed by atoms with Gasteiger partial charge in [0, 0.05) is 23.9 Å². The number of anilines is 1. The first-order chi connectivity index (χ1) is 15.3. The van der Waals surface area contributed by atoms with Crippen molar-refractivity contribution in [1.29, 1.82) is 0 Å². The number of rotatable bonds is 7. The molecule has 0 aliphatic carbocycles. The van der Waals surface area contributed by atoms with E-state index in [0.717, 1.165) is 16.9 Å². The summed E-state index contributed by atoms with van der Waals surface area (Å²) < 4.78 is 0. The highest BCUT2D eigenvalue weighted by Gasteiger charge is 2.53. The number of oxime groups is 1. The van der Waals surface area contributed by atoms with Gasteiger partial charge in [0.25, 0.3) is 11.8 Å². The van der Waals surface area contributed by atoms with E-state index in [2.05, 4.69) is 38.3 Å². The fourth-order valence-electron chi connectivity index (χ4n) is 3.17. The first kappa shape index (κ1) is 22.6. The van der Waals surface area contributed by atoms with Crippen LogP contribution in [0.15, 0.2) is 33.0 Å².